The monoisotopic (exact) mass is 478 g/mol. The van der Waals surface area contributed by atoms with E-state index >= 15 is 0 Å². The van der Waals surface area contributed by atoms with Crippen LogP contribution < -0.4 is 9.64 Å². The Morgan fingerprint density at radius 2 is 1.80 bits per heavy atom. The largest absolute Gasteiger partial charge is 0.507 e. The molecule has 0 bridgehead atoms. The molecule has 0 aliphatic carbocycles. The summed E-state index contributed by atoms with van der Waals surface area (Å²) in [7, 11) is 1.42. The Bertz CT molecular complexity index is 1350. The molecule has 4 rings (SSSR count). The maximum absolute atomic E-state index is 14.8. The van der Waals surface area contributed by atoms with Crippen molar-refractivity contribution in [3.8, 4) is 5.75 Å². The number of methoxy groups -OCH3 is 1. The first-order chi connectivity index (χ1) is 16.5. The van der Waals surface area contributed by atoms with Crippen LogP contribution in [-0.4, -0.2) is 28.9 Å². The van der Waals surface area contributed by atoms with Crippen molar-refractivity contribution in [2.45, 2.75) is 32.2 Å². The second-order valence-corrected chi connectivity index (χ2v) is 9.18. The minimum Gasteiger partial charge on any atom is -0.507 e. The van der Waals surface area contributed by atoms with Gasteiger partial charge in [-0.25, -0.2) is 8.78 Å². The SMILES string of the molecule is COc1ccc(C(C)(C)C)cc1/C(O)=C1\C(=O)C(=O)N(c2ccc(F)cc2F)C1c1ccccn1. The zero-order valence-corrected chi connectivity index (χ0v) is 19.7. The Kier molecular flexibility index (Phi) is 6.15. The molecule has 1 aliphatic heterocycles. The van der Waals surface area contributed by atoms with E-state index in [0.29, 0.717) is 6.07 Å². The molecule has 1 aliphatic rings. The second kappa shape index (κ2) is 8.94. The van der Waals surface area contributed by atoms with E-state index in [4.69, 9.17) is 4.74 Å². The predicted octanol–water partition coefficient (Wildman–Crippen LogP) is 5.29. The van der Waals surface area contributed by atoms with Gasteiger partial charge in [-0.3, -0.25) is 19.5 Å². The van der Waals surface area contributed by atoms with E-state index in [1.165, 1.54) is 13.3 Å². The molecule has 1 saturated heterocycles. The summed E-state index contributed by atoms with van der Waals surface area (Å²) in [5.74, 6) is -4.15. The third-order valence-corrected chi connectivity index (χ3v) is 5.90. The van der Waals surface area contributed by atoms with Gasteiger partial charge in [-0.05, 0) is 47.4 Å². The van der Waals surface area contributed by atoms with Crippen LogP contribution in [0, 0.1) is 11.6 Å². The van der Waals surface area contributed by atoms with Crippen molar-refractivity contribution in [3.05, 3.63) is 94.8 Å². The summed E-state index contributed by atoms with van der Waals surface area (Å²) in [4.78, 5) is 31.6. The van der Waals surface area contributed by atoms with Crippen LogP contribution in [0.15, 0.2) is 66.4 Å². The number of anilines is 1. The van der Waals surface area contributed by atoms with Crippen molar-refractivity contribution < 1.29 is 28.2 Å². The van der Waals surface area contributed by atoms with Gasteiger partial charge in [-0.15, -0.1) is 0 Å². The zero-order chi connectivity index (χ0) is 25.5. The molecule has 2 heterocycles. The number of ether oxygens (including phenoxy) is 1. The maximum Gasteiger partial charge on any atom is 0.300 e. The number of ketones is 1. The van der Waals surface area contributed by atoms with Crippen molar-refractivity contribution in [3.63, 3.8) is 0 Å². The summed E-state index contributed by atoms with van der Waals surface area (Å²) in [6, 6.07) is 11.5. The van der Waals surface area contributed by atoms with Crippen LogP contribution >= 0.6 is 0 Å². The number of rotatable bonds is 4. The lowest BCUT2D eigenvalue weighted by Crippen LogP contribution is -2.30. The minimum absolute atomic E-state index is 0.207. The fourth-order valence-corrected chi connectivity index (χ4v) is 4.08. The molecule has 2 aromatic carbocycles. The number of hydrogen-bond donors (Lipinski definition) is 1. The van der Waals surface area contributed by atoms with E-state index in [1.54, 1.807) is 30.3 Å². The number of aromatic nitrogens is 1. The number of aliphatic hydroxyl groups is 1. The Labute approximate surface area is 201 Å². The number of pyridine rings is 1. The molecule has 1 atom stereocenters. The summed E-state index contributed by atoms with van der Waals surface area (Å²) in [6.07, 6.45) is 1.46. The summed E-state index contributed by atoms with van der Waals surface area (Å²) in [5.41, 5.74) is 0.417. The van der Waals surface area contributed by atoms with Crippen LogP contribution in [0.5, 0.6) is 5.75 Å². The summed E-state index contributed by atoms with van der Waals surface area (Å²) < 4.78 is 33.8. The summed E-state index contributed by atoms with van der Waals surface area (Å²) in [5, 5.41) is 11.4. The maximum atomic E-state index is 14.8. The Morgan fingerprint density at radius 3 is 2.40 bits per heavy atom. The number of aliphatic hydroxyl groups excluding tert-OH is 1. The van der Waals surface area contributed by atoms with Crippen molar-refractivity contribution in [2.75, 3.05) is 12.0 Å². The normalized spacial score (nSPS) is 17.7. The number of benzene rings is 2. The van der Waals surface area contributed by atoms with E-state index in [2.05, 4.69) is 4.98 Å². The highest BCUT2D eigenvalue weighted by Crippen LogP contribution is 2.44. The highest BCUT2D eigenvalue weighted by atomic mass is 19.1. The van der Waals surface area contributed by atoms with Gasteiger partial charge < -0.3 is 9.84 Å². The molecule has 3 aromatic rings. The van der Waals surface area contributed by atoms with Crippen LogP contribution in [0.3, 0.4) is 0 Å². The molecule has 8 heteroatoms. The van der Waals surface area contributed by atoms with Crippen molar-refractivity contribution >= 4 is 23.1 Å². The first-order valence-electron chi connectivity index (χ1n) is 10.9. The molecular weight excluding hydrogens is 454 g/mol. The van der Waals surface area contributed by atoms with Gasteiger partial charge in [0.15, 0.2) is 0 Å². The number of amides is 1. The highest BCUT2D eigenvalue weighted by Gasteiger charge is 2.48. The third kappa shape index (κ3) is 4.27. The highest BCUT2D eigenvalue weighted by molar-refractivity contribution is 6.51. The van der Waals surface area contributed by atoms with Gasteiger partial charge in [0.25, 0.3) is 11.7 Å². The van der Waals surface area contributed by atoms with E-state index in [1.807, 2.05) is 26.8 Å². The third-order valence-electron chi connectivity index (χ3n) is 5.90. The van der Waals surface area contributed by atoms with Crippen LogP contribution in [-0.2, 0) is 15.0 Å². The van der Waals surface area contributed by atoms with Gasteiger partial charge in [0, 0.05) is 12.3 Å². The quantitative estimate of drug-likeness (QED) is 0.313. The molecule has 1 N–H and O–H groups in total. The first-order valence-corrected chi connectivity index (χ1v) is 10.9. The summed E-state index contributed by atoms with van der Waals surface area (Å²) in [6.45, 7) is 5.97. The van der Waals surface area contributed by atoms with Crippen LogP contribution in [0.25, 0.3) is 5.76 Å². The molecular formula is C27H24F2N2O4. The number of Topliss-reactive ketones (excluding diaryl/α,β-unsaturated/α-hetero) is 1. The number of carbonyl (C=O) groups is 2. The Balaban J connectivity index is 2.00. The van der Waals surface area contributed by atoms with Crippen LogP contribution in [0.2, 0.25) is 0 Å². The molecule has 0 saturated carbocycles. The average Bonchev–Trinajstić information content (AvgIpc) is 3.08. The fourth-order valence-electron chi connectivity index (χ4n) is 4.08. The number of halogens is 2. The lowest BCUT2D eigenvalue weighted by Gasteiger charge is -2.25. The van der Waals surface area contributed by atoms with E-state index in [0.717, 1.165) is 22.6 Å². The average molecular weight is 478 g/mol. The number of hydrogen-bond acceptors (Lipinski definition) is 5. The molecule has 0 radical (unpaired) electrons. The molecule has 1 fully saturated rings. The van der Waals surface area contributed by atoms with E-state index < -0.39 is 35.1 Å². The number of carbonyl (C=O) groups excluding carboxylic acids is 2. The predicted molar refractivity (Wildman–Crippen MR) is 127 cm³/mol. The smallest absolute Gasteiger partial charge is 0.300 e. The lowest BCUT2D eigenvalue weighted by molar-refractivity contribution is -0.132. The molecule has 35 heavy (non-hydrogen) atoms. The van der Waals surface area contributed by atoms with Gasteiger partial charge in [0.2, 0.25) is 0 Å². The first kappa shape index (κ1) is 24.1. The molecule has 1 unspecified atom stereocenters. The van der Waals surface area contributed by atoms with E-state index in [-0.39, 0.29) is 33.7 Å². The van der Waals surface area contributed by atoms with Crippen LogP contribution in [0.1, 0.15) is 43.6 Å². The standard InChI is InChI=1S/C27H24F2N2O4/c1-27(2,3)15-8-11-21(35-4)17(13-15)24(32)22-23(19-7-5-6-12-30-19)31(26(34)25(22)33)20-10-9-16(28)14-18(20)29/h5-14,23,32H,1-4H3/b24-22+. The van der Waals surface area contributed by atoms with Gasteiger partial charge in [-0.1, -0.05) is 32.9 Å². The molecule has 0 spiro atoms. The Morgan fingerprint density at radius 1 is 1.06 bits per heavy atom. The molecule has 1 aromatic heterocycles. The minimum atomic E-state index is -1.25. The molecule has 180 valence electrons. The zero-order valence-electron chi connectivity index (χ0n) is 19.7. The van der Waals surface area contributed by atoms with Gasteiger partial charge in [0.05, 0.1) is 29.6 Å². The topological polar surface area (TPSA) is 79.7 Å². The number of nitrogens with zero attached hydrogens (tertiary/aromatic N) is 2. The fraction of sp³-hybridized carbons (Fsp3) is 0.222. The van der Waals surface area contributed by atoms with Gasteiger partial charge in [0.1, 0.15) is 29.2 Å². The van der Waals surface area contributed by atoms with Gasteiger partial charge in [-0.2, -0.15) is 0 Å². The lowest BCUT2D eigenvalue weighted by atomic mass is 9.85. The van der Waals surface area contributed by atoms with E-state index in [9.17, 15) is 23.5 Å². The van der Waals surface area contributed by atoms with Crippen molar-refractivity contribution in [1.29, 1.82) is 0 Å². The second-order valence-electron chi connectivity index (χ2n) is 9.18. The molecule has 6 nitrogen and oxygen atoms in total. The van der Waals surface area contributed by atoms with Crippen LogP contribution in [0.4, 0.5) is 14.5 Å². The molecule has 1 amide bonds. The Hall–Kier alpha value is -4.07. The van der Waals surface area contributed by atoms with Gasteiger partial charge >= 0.3 is 0 Å². The summed E-state index contributed by atoms with van der Waals surface area (Å²) >= 11 is 0. The van der Waals surface area contributed by atoms with Crippen molar-refractivity contribution in [2.24, 2.45) is 0 Å². The van der Waals surface area contributed by atoms with Crippen molar-refractivity contribution in [1.82, 2.24) is 4.98 Å².